The van der Waals surface area contributed by atoms with Gasteiger partial charge in [0.05, 0.1) is 6.61 Å². The second kappa shape index (κ2) is 5.92. The molecule has 17 heavy (non-hydrogen) atoms. The van der Waals surface area contributed by atoms with Gasteiger partial charge in [-0.1, -0.05) is 0 Å². The summed E-state index contributed by atoms with van der Waals surface area (Å²) in [6, 6.07) is 0. The van der Waals surface area contributed by atoms with Gasteiger partial charge in [-0.3, -0.25) is 0 Å². The Morgan fingerprint density at radius 3 is 2.53 bits per heavy atom. The molecule has 0 unspecified atom stereocenters. The molecule has 1 fully saturated rings. The van der Waals surface area contributed by atoms with Crippen molar-refractivity contribution in [1.82, 2.24) is 5.32 Å². The Hall–Kier alpha value is -1.21. The van der Waals surface area contributed by atoms with Crippen molar-refractivity contribution in [3.8, 4) is 11.8 Å². The van der Waals surface area contributed by atoms with Crippen molar-refractivity contribution in [3.05, 3.63) is 0 Å². The van der Waals surface area contributed by atoms with Crippen molar-refractivity contribution in [1.29, 1.82) is 0 Å². The van der Waals surface area contributed by atoms with Crippen molar-refractivity contribution in [2.24, 2.45) is 23.5 Å². The Kier molecular flexibility index (Phi) is 4.27. The first-order chi connectivity index (χ1) is 8.33. The number of fused-ring (bicyclic) bond motifs is 1. The molecule has 0 radical (unpaired) electrons. The minimum atomic E-state index is -0.342. The summed E-state index contributed by atoms with van der Waals surface area (Å²) in [5.41, 5.74) is 5.29. The lowest BCUT2D eigenvalue weighted by atomic mass is 10.1. The number of nitrogens with two attached hydrogens (primary N) is 1. The lowest BCUT2D eigenvalue weighted by Crippen LogP contribution is -2.30. The first-order valence-electron chi connectivity index (χ1n) is 6.39. The van der Waals surface area contributed by atoms with E-state index < -0.39 is 0 Å². The molecule has 94 valence electrons. The van der Waals surface area contributed by atoms with Crippen molar-refractivity contribution in [2.75, 3.05) is 19.7 Å². The Morgan fingerprint density at radius 1 is 1.29 bits per heavy atom. The number of hydrogen-bond donors (Lipinski definition) is 2. The van der Waals surface area contributed by atoms with Crippen molar-refractivity contribution >= 4 is 6.09 Å². The molecule has 2 rings (SSSR count). The summed E-state index contributed by atoms with van der Waals surface area (Å²) in [4.78, 5) is 11.3. The first kappa shape index (κ1) is 12.3. The summed E-state index contributed by atoms with van der Waals surface area (Å²) < 4.78 is 5.20. The highest BCUT2D eigenvalue weighted by molar-refractivity contribution is 5.67. The molecular weight excluding hydrogens is 216 g/mol. The average Bonchev–Trinajstić information content (AvgIpc) is 2.94. The summed E-state index contributed by atoms with van der Waals surface area (Å²) in [6.45, 7) is 1.47. The van der Waals surface area contributed by atoms with Gasteiger partial charge in [-0.2, -0.15) is 0 Å². The van der Waals surface area contributed by atoms with Crippen LogP contribution in [0.15, 0.2) is 0 Å². The van der Waals surface area contributed by atoms with E-state index in [0.717, 1.165) is 37.5 Å². The van der Waals surface area contributed by atoms with E-state index in [2.05, 4.69) is 17.2 Å². The highest BCUT2D eigenvalue weighted by Gasteiger charge is 2.49. The number of ether oxygens (including phenoxy) is 1. The minimum Gasteiger partial charge on any atom is -0.449 e. The van der Waals surface area contributed by atoms with E-state index in [4.69, 9.17) is 10.5 Å². The van der Waals surface area contributed by atoms with Crippen LogP contribution in [0.4, 0.5) is 4.79 Å². The third kappa shape index (κ3) is 3.37. The van der Waals surface area contributed by atoms with Gasteiger partial charge in [-0.15, -0.1) is 11.8 Å². The molecule has 1 amide bonds. The number of amides is 1. The number of carbonyl (C=O) groups is 1. The lowest BCUT2D eigenvalue weighted by Gasteiger charge is -2.05. The number of hydrogen-bond acceptors (Lipinski definition) is 3. The standard InChI is InChI=1S/C13H20N2O2/c14-7-8-15-13(16)17-9-12-10-5-3-1-2-4-6-11(10)12/h10-12H,3-9,14H2,(H,15,16)/t10-,11+,12-. The van der Waals surface area contributed by atoms with Gasteiger partial charge < -0.3 is 15.8 Å². The Morgan fingerprint density at radius 2 is 1.94 bits per heavy atom. The zero-order valence-corrected chi connectivity index (χ0v) is 10.1. The van der Waals surface area contributed by atoms with Gasteiger partial charge in [0.1, 0.15) is 0 Å². The maximum absolute atomic E-state index is 11.3. The predicted octanol–water partition coefficient (Wildman–Crippen LogP) is 1.11. The third-order valence-electron chi connectivity index (χ3n) is 3.66. The fraction of sp³-hybridized carbons (Fsp3) is 0.769. The fourth-order valence-corrected chi connectivity index (χ4v) is 2.68. The van der Waals surface area contributed by atoms with E-state index in [-0.39, 0.29) is 6.09 Å². The molecule has 0 aromatic rings. The normalized spacial score (nSPS) is 30.1. The van der Waals surface area contributed by atoms with Crippen LogP contribution in [-0.4, -0.2) is 25.8 Å². The molecule has 0 heterocycles. The van der Waals surface area contributed by atoms with Crippen LogP contribution in [0, 0.1) is 29.6 Å². The monoisotopic (exact) mass is 236 g/mol. The molecular formula is C13H20N2O2. The number of alkyl carbamates (subject to hydrolysis) is 1. The van der Waals surface area contributed by atoms with E-state index in [0.29, 0.717) is 25.6 Å². The minimum absolute atomic E-state index is 0.342. The second-order valence-electron chi connectivity index (χ2n) is 4.74. The second-order valence-corrected chi connectivity index (χ2v) is 4.74. The van der Waals surface area contributed by atoms with Gasteiger partial charge in [-0.25, -0.2) is 4.79 Å². The zero-order valence-electron chi connectivity index (χ0n) is 10.1. The Bertz CT molecular complexity index is 314. The molecule has 2 aliphatic carbocycles. The molecule has 0 bridgehead atoms. The highest BCUT2D eigenvalue weighted by Crippen LogP contribution is 2.52. The molecule has 4 heteroatoms. The van der Waals surface area contributed by atoms with Crippen molar-refractivity contribution < 1.29 is 9.53 Å². The number of nitrogens with one attached hydrogen (secondary N) is 1. The van der Waals surface area contributed by atoms with Gasteiger partial charge in [0.25, 0.3) is 0 Å². The first-order valence-corrected chi connectivity index (χ1v) is 6.39. The maximum atomic E-state index is 11.3. The van der Waals surface area contributed by atoms with Crippen LogP contribution in [0.5, 0.6) is 0 Å². The maximum Gasteiger partial charge on any atom is 0.407 e. The van der Waals surface area contributed by atoms with E-state index in [1.165, 1.54) is 0 Å². The van der Waals surface area contributed by atoms with Gasteiger partial charge >= 0.3 is 6.09 Å². The van der Waals surface area contributed by atoms with Gasteiger partial charge in [0, 0.05) is 25.9 Å². The predicted molar refractivity (Wildman–Crippen MR) is 65.1 cm³/mol. The van der Waals surface area contributed by atoms with E-state index in [1.807, 2.05) is 0 Å². The van der Waals surface area contributed by atoms with Crippen LogP contribution < -0.4 is 11.1 Å². The quantitative estimate of drug-likeness (QED) is 0.719. The Balaban J connectivity index is 1.66. The van der Waals surface area contributed by atoms with Crippen LogP contribution >= 0.6 is 0 Å². The summed E-state index contributed by atoms with van der Waals surface area (Å²) in [5, 5.41) is 2.61. The number of carbonyl (C=O) groups excluding carboxylic acids is 1. The van der Waals surface area contributed by atoms with Crippen LogP contribution in [0.1, 0.15) is 25.7 Å². The van der Waals surface area contributed by atoms with Crippen molar-refractivity contribution in [3.63, 3.8) is 0 Å². The summed E-state index contributed by atoms with van der Waals surface area (Å²) in [5.74, 6) is 8.36. The topological polar surface area (TPSA) is 64.3 Å². The molecule has 3 atom stereocenters. The molecule has 0 aliphatic heterocycles. The fourth-order valence-electron chi connectivity index (χ4n) is 2.68. The molecule has 4 nitrogen and oxygen atoms in total. The van der Waals surface area contributed by atoms with Crippen LogP contribution in [0.25, 0.3) is 0 Å². The van der Waals surface area contributed by atoms with E-state index in [1.54, 1.807) is 0 Å². The molecule has 1 saturated carbocycles. The van der Waals surface area contributed by atoms with E-state index >= 15 is 0 Å². The highest BCUT2D eigenvalue weighted by atomic mass is 16.5. The summed E-state index contributed by atoms with van der Waals surface area (Å²) in [7, 11) is 0. The lowest BCUT2D eigenvalue weighted by molar-refractivity contribution is 0.138. The summed E-state index contributed by atoms with van der Waals surface area (Å²) >= 11 is 0. The van der Waals surface area contributed by atoms with E-state index in [9.17, 15) is 4.79 Å². The molecule has 0 aromatic heterocycles. The van der Waals surface area contributed by atoms with Crippen molar-refractivity contribution in [2.45, 2.75) is 25.7 Å². The SMILES string of the molecule is NCCNC(=O)OC[C@@H]1[C@@H]2CCC#CCC[C@@H]21. The van der Waals surface area contributed by atoms with Gasteiger partial charge in [0.15, 0.2) is 0 Å². The number of rotatable bonds is 4. The smallest absolute Gasteiger partial charge is 0.407 e. The average molecular weight is 236 g/mol. The third-order valence-corrected chi connectivity index (χ3v) is 3.66. The molecule has 0 aromatic carbocycles. The van der Waals surface area contributed by atoms with Crippen LogP contribution in [-0.2, 0) is 4.74 Å². The molecule has 3 N–H and O–H groups in total. The van der Waals surface area contributed by atoms with Crippen LogP contribution in [0.2, 0.25) is 0 Å². The molecule has 2 aliphatic rings. The largest absolute Gasteiger partial charge is 0.449 e. The van der Waals surface area contributed by atoms with Gasteiger partial charge in [-0.05, 0) is 30.6 Å². The zero-order chi connectivity index (χ0) is 12.1. The van der Waals surface area contributed by atoms with Gasteiger partial charge in [0.2, 0.25) is 0 Å². The molecule has 0 spiro atoms. The van der Waals surface area contributed by atoms with Crippen LogP contribution in [0.3, 0.4) is 0 Å². The Labute approximate surface area is 102 Å². The summed E-state index contributed by atoms with van der Waals surface area (Å²) in [6.07, 6.45) is 3.98. The molecule has 0 saturated heterocycles.